The van der Waals surface area contributed by atoms with Gasteiger partial charge in [0.15, 0.2) is 0 Å². The minimum absolute atomic E-state index is 0.0742. The lowest BCUT2D eigenvalue weighted by Crippen LogP contribution is -2.38. The Labute approximate surface area is 136 Å². The van der Waals surface area contributed by atoms with Crippen LogP contribution in [0.1, 0.15) is 32.8 Å². The summed E-state index contributed by atoms with van der Waals surface area (Å²) in [5.74, 6) is 0.805. The lowest BCUT2D eigenvalue weighted by molar-refractivity contribution is -0.116. The summed E-state index contributed by atoms with van der Waals surface area (Å²) in [5, 5.41) is 2.22. The predicted octanol–water partition coefficient (Wildman–Crippen LogP) is 3.43. The van der Waals surface area contributed by atoms with Crippen molar-refractivity contribution in [1.82, 2.24) is 10.9 Å². The van der Waals surface area contributed by atoms with E-state index in [1.165, 1.54) is 0 Å². The van der Waals surface area contributed by atoms with Crippen molar-refractivity contribution < 1.29 is 9.53 Å². The van der Waals surface area contributed by atoms with Crippen LogP contribution in [-0.2, 0) is 4.79 Å². The van der Waals surface area contributed by atoms with E-state index < -0.39 is 0 Å². The van der Waals surface area contributed by atoms with Crippen LogP contribution in [0.15, 0.2) is 42.0 Å². The number of hydrogen-bond donors (Lipinski definition) is 2. The fourth-order valence-electron chi connectivity index (χ4n) is 2.76. The molecule has 1 amide bonds. The summed E-state index contributed by atoms with van der Waals surface area (Å²) in [4.78, 5) is 12.0. The molecule has 4 nitrogen and oxygen atoms in total. The molecule has 3 rings (SSSR count). The first-order chi connectivity index (χ1) is 11.0. The van der Waals surface area contributed by atoms with E-state index in [2.05, 4.69) is 29.9 Å². The standard InChI is InChI=1S/C19H22N2O2/c1-4-10-23-15-8-9-16-13(11-15)6-5-7-14(16)12-17-18(22)20-21-19(17,2)3/h5-9,11-12,21H,4,10H2,1-3H3,(H,20,22)/b17-12+. The van der Waals surface area contributed by atoms with Crippen LogP contribution in [0.5, 0.6) is 5.75 Å². The highest BCUT2D eigenvalue weighted by Crippen LogP contribution is 2.28. The van der Waals surface area contributed by atoms with Gasteiger partial charge in [0, 0.05) is 5.57 Å². The first-order valence-corrected chi connectivity index (χ1v) is 7.96. The molecule has 0 radical (unpaired) electrons. The van der Waals surface area contributed by atoms with Gasteiger partial charge >= 0.3 is 0 Å². The molecule has 0 saturated carbocycles. The predicted molar refractivity (Wildman–Crippen MR) is 93.1 cm³/mol. The van der Waals surface area contributed by atoms with Crippen molar-refractivity contribution in [2.45, 2.75) is 32.7 Å². The Hall–Kier alpha value is -2.33. The molecular weight excluding hydrogens is 288 g/mol. The van der Waals surface area contributed by atoms with Gasteiger partial charge < -0.3 is 4.74 Å². The van der Waals surface area contributed by atoms with E-state index >= 15 is 0 Å². The largest absolute Gasteiger partial charge is 0.494 e. The molecule has 2 aromatic carbocycles. The van der Waals surface area contributed by atoms with E-state index in [1.54, 1.807) is 0 Å². The number of carbonyl (C=O) groups excluding carboxylic acids is 1. The third-order valence-corrected chi connectivity index (χ3v) is 4.06. The van der Waals surface area contributed by atoms with E-state index in [-0.39, 0.29) is 11.4 Å². The monoisotopic (exact) mass is 310 g/mol. The molecule has 0 aliphatic carbocycles. The van der Waals surface area contributed by atoms with Crippen molar-refractivity contribution in [3.05, 3.63) is 47.5 Å². The van der Waals surface area contributed by atoms with Gasteiger partial charge in [-0.05, 0) is 54.8 Å². The van der Waals surface area contributed by atoms with E-state index in [4.69, 9.17) is 4.74 Å². The Morgan fingerprint density at radius 1 is 1.22 bits per heavy atom. The maximum Gasteiger partial charge on any atom is 0.263 e. The SMILES string of the molecule is CCCOc1ccc2c(/C=C3\C(=O)NNC3(C)C)cccc2c1. The summed E-state index contributed by atoms with van der Waals surface area (Å²) in [5.41, 5.74) is 7.07. The summed E-state index contributed by atoms with van der Waals surface area (Å²) >= 11 is 0. The molecule has 1 aliphatic heterocycles. The fraction of sp³-hybridized carbons (Fsp3) is 0.316. The molecule has 0 spiro atoms. The number of hydrogen-bond acceptors (Lipinski definition) is 3. The van der Waals surface area contributed by atoms with Gasteiger partial charge in [-0.25, -0.2) is 5.43 Å². The zero-order valence-electron chi connectivity index (χ0n) is 13.8. The molecule has 120 valence electrons. The van der Waals surface area contributed by atoms with Crippen molar-refractivity contribution in [3.63, 3.8) is 0 Å². The molecule has 1 heterocycles. The molecule has 4 heteroatoms. The summed E-state index contributed by atoms with van der Waals surface area (Å²) in [6.07, 6.45) is 2.95. The minimum Gasteiger partial charge on any atom is -0.494 e. The van der Waals surface area contributed by atoms with Gasteiger partial charge in [0.05, 0.1) is 12.1 Å². The molecule has 2 aromatic rings. The second-order valence-corrected chi connectivity index (χ2v) is 6.34. The number of ether oxygens (including phenoxy) is 1. The van der Waals surface area contributed by atoms with Crippen LogP contribution in [0.4, 0.5) is 0 Å². The Kier molecular flexibility index (Phi) is 4.09. The van der Waals surface area contributed by atoms with E-state index in [1.807, 2.05) is 44.2 Å². The lowest BCUT2D eigenvalue weighted by atomic mass is 9.92. The number of benzene rings is 2. The van der Waals surface area contributed by atoms with E-state index in [9.17, 15) is 4.79 Å². The summed E-state index contributed by atoms with van der Waals surface area (Å²) < 4.78 is 5.70. The van der Waals surface area contributed by atoms with E-state index in [0.717, 1.165) is 40.7 Å². The van der Waals surface area contributed by atoms with Gasteiger partial charge in [0.1, 0.15) is 5.75 Å². The molecular formula is C19H22N2O2. The van der Waals surface area contributed by atoms with Crippen LogP contribution in [0.25, 0.3) is 16.8 Å². The highest BCUT2D eigenvalue weighted by molar-refractivity contribution is 6.04. The van der Waals surface area contributed by atoms with Gasteiger partial charge in [-0.1, -0.05) is 31.2 Å². The molecule has 1 fully saturated rings. The molecule has 0 atom stereocenters. The molecule has 0 aromatic heterocycles. The van der Waals surface area contributed by atoms with Crippen LogP contribution >= 0.6 is 0 Å². The Morgan fingerprint density at radius 3 is 2.74 bits per heavy atom. The normalized spacial score (nSPS) is 18.4. The second kappa shape index (κ2) is 6.05. The molecule has 1 saturated heterocycles. The van der Waals surface area contributed by atoms with Crippen LogP contribution < -0.4 is 15.6 Å². The zero-order chi connectivity index (χ0) is 16.4. The maximum absolute atomic E-state index is 12.0. The van der Waals surface area contributed by atoms with Gasteiger partial charge in [-0.3, -0.25) is 10.2 Å². The first kappa shape index (κ1) is 15.6. The number of fused-ring (bicyclic) bond motifs is 1. The third kappa shape index (κ3) is 3.08. The van der Waals surface area contributed by atoms with Crippen molar-refractivity contribution >= 4 is 22.8 Å². The lowest BCUT2D eigenvalue weighted by Gasteiger charge is -2.17. The average Bonchev–Trinajstić information content (AvgIpc) is 2.79. The first-order valence-electron chi connectivity index (χ1n) is 7.96. The maximum atomic E-state index is 12.0. The number of hydrazine groups is 1. The van der Waals surface area contributed by atoms with Crippen LogP contribution in [0.3, 0.4) is 0 Å². The van der Waals surface area contributed by atoms with E-state index in [0.29, 0.717) is 0 Å². The third-order valence-electron chi connectivity index (χ3n) is 4.06. The van der Waals surface area contributed by atoms with Gasteiger partial charge in [-0.15, -0.1) is 0 Å². The number of carbonyl (C=O) groups is 1. The Morgan fingerprint density at radius 2 is 2.04 bits per heavy atom. The molecule has 0 unspecified atom stereocenters. The summed E-state index contributed by atoms with van der Waals surface area (Å²) in [7, 11) is 0. The minimum atomic E-state index is -0.385. The van der Waals surface area contributed by atoms with Crippen LogP contribution in [-0.4, -0.2) is 18.1 Å². The van der Waals surface area contributed by atoms with Crippen LogP contribution in [0.2, 0.25) is 0 Å². The van der Waals surface area contributed by atoms with Crippen molar-refractivity contribution in [1.29, 1.82) is 0 Å². The molecule has 2 N–H and O–H groups in total. The smallest absolute Gasteiger partial charge is 0.263 e. The summed E-state index contributed by atoms with van der Waals surface area (Å²) in [6, 6.07) is 12.2. The van der Waals surface area contributed by atoms with Crippen molar-refractivity contribution in [2.24, 2.45) is 0 Å². The Bertz CT molecular complexity index is 778. The van der Waals surface area contributed by atoms with Gasteiger partial charge in [-0.2, -0.15) is 0 Å². The second-order valence-electron chi connectivity index (χ2n) is 6.34. The van der Waals surface area contributed by atoms with Gasteiger partial charge in [0.2, 0.25) is 0 Å². The van der Waals surface area contributed by atoms with Gasteiger partial charge in [0.25, 0.3) is 5.91 Å². The van der Waals surface area contributed by atoms with Crippen molar-refractivity contribution in [2.75, 3.05) is 6.61 Å². The Balaban J connectivity index is 2.03. The highest BCUT2D eigenvalue weighted by atomic mass is 16.5. The summed E-state index contributed by atoms with van der Waals surface area (Å²) in [6.45, 7) is 6.78. The van der Waals surface area contributed by atoms with Crippen molar-refractivity contribution in [3.8, 4) is 5.75 Å². The molecule has 1 aliphatic rings. The topological polar surface area (TPSA) is 50.4 Å². The number of nitrogens with one attached hydrogen (secondary N) is 2. The quantitative estimate of drug-likeness (QED) is 0.851. The number of amides is 1. The number of rotatable bonds is 4. The average molecular weight is 310 g/mol. The van der Waals surface area contributed by atoms with Crippen LogP contribution in [0, 0.1) is 0 Å². The fourth-order valence-corrected chi connectivity index (χ4v) is 2.76. The molecule has 0 bridgehead atoms. The highest BCUT2D eigenvalue weighted by Gasteiger charge is 2.34. The zero-order valence-corrected chi connectivity index (χ0v) is 13.8. The molecule has 23 heavy (non-hydrogen) atoms.